The first-order valence-corrected chi connectivity index (χ1v) is 15.9. The van der Waals surface area contributed by atoms with Crippen LogP contribution in [0.1, 0.15) is 65.4 Å². The van der Waals surface area contributed by atoms with E-state index in [-0.39, 0.29) is 43.4 Å². The highest BCUT2D eigenvalue weighted by Crippen LogP contribution is 2.66. The molecular formula is C34H47ClN2O6. The van der Waals surface area contributed by atoms with E-state index in [1.165, 1.54) is 4.90 Å². The summed E-state index contributed by atoms with van der Waals surface area (Å²) in [6.45, 7) is 17.4. The molecule has 0 radical (unpaired) electrons. The average Bonchev–Trinajstić information content (AvgIpc) is 3.48. The molecule has 0 saturated carbocycles. The summed E-state index contributed by atoms with van der Waals surface area (Å²) in [5.74, 6) is -3.24. The lowest BCUT2D eigenvalue weighted by Crippen LogP contribution is -2.60. The lowest BCUT2D eigenvalue weighted by molar-refractivity contribution is -0.163. The molecule has 3 aliphatic rings. The van der Waals surface area contributed by atoms with Crippen LogP contribution in [0.15, 0.2) is 43.5 Å². The van der Waals surface area contributed by atoms with Crippen molar-refractivity contribution in [2.75, 3.05) is 24.7 Å². The normalized spacial score (nSPS) is 30.6. The highest BCUT2D eigenvalue weighted by molar-refractivity contribution is 6.34. The molecule has 2 bridgehead atoms. The summed E-state index contributed by atoms with van der Waals surface area (Å²) in [5, 5.41) is 11.1. The number of likely N-dealkylation sites (tertiary alicyclic amines) is 1. The molecule has 1 spiro atoms. The Morgan fingerprint density at radius 3 is 2.63 bits per heavy atom. The predicted octanol–water partition coefficient (Wildman–Crippen LogP) is 5.48. The molecule has 0 aromatic heterocycles. The number of carbonyl (C=O) groups excluding carboxylic acids is 3. The van der Waals surface area contributed by atoms with Crippen molar-refractivity contribution in [3.05, 3.63) is 54.1 Å². The second-order valence-corrected chi connectivity index (χ2v) is 13.1. The van der Waals surface area contributed by atoms with Crippen LogP contribution in [0.4, 0.5) is 5.69 Å². The summed E-state index contributed by atoms with van der Waals surface area (Å²) < 4.78 is 12.6. The summed E-state index contributed by atoms with van der Waals surface area (Å²) in [4.78, 5) is 46.5. The van der Waals surface area contributed by atoms with E-state index in [9.17, 15) is 19.5 Å². The third-order valence-electron chi connectivity index (χ3n) is 10.2. The van der Waals surface area contributed by atoms with Gasteiger partial charge in [0.05, 0.1) is 41.5 Å². The monoisotopic (exact) mass is 614 g/mol. The third-order valence-corrected chi connectivity index (χ3v) is 10.5. The Labute approximate surface area is 261 Å². The SMILES string of the molecule is C=CCCCCOC(=O)[C@H]1[C@H]2C(=O)N([C@@H](CO)[C@@H](C)CC)C(C(=O)N(CC=C)c3c(C)cccc3Cl)C23CC(C)[C@]1(C)O3. The lowest BCUT2D eigenvalue weighted by Gasteiger charge is -2.41. The van der Waals surface area contributed by atoms with Crippen molar-refractivity contribution in [1.82, 2.24) is 4.90 Å². The number of aryl methyl sites for hydroxylation is 1. The number of nitrogens with zero attached hydrogens (tertiary/aromatic N) is 2. The van der Waals surface area contributed by atoms with Gasteiger partial charge in [0.15, 0.2) is 0 Å². The number of esters is 1. The molecule has 236 valence electrons. The number of para-hydroxylation sites is 1. The van der Waals surface area contributed by atoms with Gasteiger partial charge in [0.2, 0.25) is 5.91 Å². The van der Waals surface area contributed by atoms with Crippen LogP contribution >= 0.6 is 11.6 Å². The number of carbonyl (C=O) groups is 3. The zero-order chi connectivity index (χ0) is 31.7. The van der Waals surface area contributed by atoms with Gasteiger partial charge >= 0.3 is 5.97 Å². The number of aliphatic hydroxyl groups is 1. The fourth-order valence-corrected chi connectivity index (χ4v) is 8.00. The van der Waals surface area contributed by atoms with Gasteiger partial charge in [-0.2, -0.15) is 0 Å². The van der Waals surface area contributed by atoms with E-state index in [0.29, 0.717) is 30.0 Å². The first-order chi connectivity index (χ1) is 20.4. The van der Waals surface area contributed by atoms with Gasteiger partial charge in [-0.1, -0.05) is 63.1 Å². The molecule has 0 aliphatic carbocycles. The molecule has 4 rings (SSSR count). The van der Waals surface area contributed by atoms with E-state index in [1.807, 2.05) is 52.8 Å². The summed E-state index contributed by atoms with van der Waals surface area (Å²) in [7, 11) is 0. The van der Waals surface area contributed by atoms with Gasteiger partial charge in [-0.05, 0) is 63.0 Å². The smallest absolute Gasteiger partial charge is 0.312 e. The van der Waals surface area contributed by atoms with Crippen molar-refractivity contribution in [2.24, 2.45) is 23.7 Å². The van der Waals surface area contributed by atoms with Crippen molar-refractivity contribution in [1.29, 1.82) is 0 Å². The molecule has 2 amide bonds. The number of amides is 2. The van der Waals surface area contributed by atoms with E-state index >= 15 is 0 Å². The number of aliphatic hydroxyl groups excluding tert-OH is 1. The van der Waals surface area contributed by atoms with Crippen molar-refractivity contribution in [3.63, 3.8) is 0 Å². The van der Waals surface area contributed by atoms with Crippen LogP contribution in [0.3, 0.4) is 0 Å². The summed E-state index contributed by atoms with van der Waals surface area (Å²) in [5.41, 5.74) is -0.932. The number of anilines is 1. The summed E-state index contributed by atoms with van der Waals surface area (Å²) in [6, 6.07) is 3.69. The van der Waals surface area contributed by atoms with Gasteiger partial charge in [-0.3, -0.25) is 14.4 Å². The quantitative estimate of drug-likeness (QED) is 0.169. The summed E-state index contributed by atoms with van der Waals surface area (Å²) in [6.07, 6.45) is 6.90. The molecule has 43 heavy (non-hydrogen) atoms. The van der Waals surface area contributed by atoms with Crippen molar-refractivity contribution < 1.29 is 29.0 Å². The Morgan fingerprint density at radius 2 is 2.02 bits per heavy atom. The largest absolute Gasteiger partial charge is 0.465 e. The number of ether oxygens (including phenoxy) is 2. The van der Waals surface area contributed by atoms with Crippen molar-refractivity contribution in [3.8, 4) is 0 Å². The number of rotatable bonds is 14. The molecule has 3 saturated heterocycles. The molecule has 1 N–H and O–H groups in total. The topological polar surface area (TPSA) is 96.4 Å². The minimum Gasteiger partial charge on any atom is -0.465 e. The zero-order valence-corrected chi connectivity index (χ0v) is 26.9. The third kappa shape index (κ3) is 5.44. The fourth-order valence-electron chi connectivity index (χ4n) is 7.67. The van der Waals surface area contributed by atoms with E-state index < -0.39 is 41.1 Å². The van der Waals surface area contributed by atoms with Crippen LogP contribution < -0.4 is 4.90 Å². The van der Waals surface area contributed by atoms with Gasteiger partial charge in [-0.25, -0.2) is 0 Å². The molecule has 3 unspecified atom stereocenters. The number of benzene rings is 1. The molecule has 3 fully saturated rings. The molecule has 3 aliphatic heterocycles. The Balaban J connectivity index is 1.84. The summed E-state index contributed by atoms with van der Waals surface area (Å²) >= 11 is 6.67. The second kappa shape index (κ2) is 13.1. The standard InChI is InChI=1S/C34H47ClN2O6/c1-8-11-12-13-18-42-32(41)27-26-30(39)37(25(20-38)21(4)10-3)29(34(26)19-23(6)33(27,7)43-34)31(40)36(17-9-2)28-22(5)15-14-16-24(28)35/h8-9,14-16,21,23,25-27,29,38H,1-2,10-13,17-20H2,3-7H3/t21-,23?,25-,26-,27+,29?,33-,34?/m0/s1. The first kappa shape index (κ1) is 33.2. The molecule has 8 nitrogen and oxygen atoms in total. The molecule has 8 atom stereocenters. The minimum absolute atomic E-state index is 0.116. The van der Waals surface area contributed by atoms with E-state index in [2.05, 4.69) is 13.2 Å². The van der Waals surface area contributed by atoms with E-state index in [4.69, 9.17) is 21.1 Å². The molecule has 3 heterocycles. The highest BCUT2D eigenvalue weighted by atomic mass is 35.5. The number of fused-ring (bicyclic) bond motifs is 1. The molecular weight excluding hydrogens is 568 g/mol. The van der Waals surface area contributed by atoms with Gasteiger partial charge in [0.25, 0.3) is 5.91 Å². The minimum atomic E-state index is -1.27. The molecule has 1 aromatic carbocycles. The van der Waals surface area contributed by atoms with Gasteiger partial charge in [0.1, 0.15) is 17.6 Å². The van der Waals surface area contributed by atoms with Crippen LogP contribution in [0, 0.1) is 30.6 Å². The molecule has 9 heteroatoms. The van der Waals surface area contributed by atoms with Crippen LogP contribution in [-0.4, -0.2) is 70.8 Å². The maximum absolute atomic E-state index is 15.0. The Hall–Kier alpha value is -2.68. The van der Waals surface area contributed by atoms with Crippen LogP contribution in [-0.2, 0) is 23.9 Å². The first-order valence-electron chi connectivity index (χ1n) is 15.5. The van der Waals surface area contributed by atoms with Crippen molar-refractivity contribution >= 4 is 35.1 Å². The van der Waals surface area contributed by atoms with E-state index in [1.54, 1.807) is 17.0 Å². The van der Waals surface area contributed by atoms with E-state index in [0.717, 1.165) is 18.4 Å². The van der Waals surface area contributed by atoms with Gasteiger partial charge < -0.3 is 24.4 Å². The highest BCUT2D eigenvalue weighted by Gasteiger charge is 2.81. The number of hydrogen-bond donors (Lipinski definition) is 1. The van der Waals surface area contributed by atoms with Gasteiger partial charge in [-0.15, -0.1) is 13.2 Å². The molecule has 1 aromatic rings. The maximum atomic E-state index is 15.0. The Bertz CT molecular complexity index is 1230. The fraction of sp³-hybridized carbons (Fsp3) is 0.618. The van der Waals surface area contributed by atoms with Crippen LogP contribution in [0.5, 0.6) is 0 Å². The Morgan fingerprint density at radius 1 is 1.30 bits per heavy atom. The maximum Gasteiger partial charge on any atom is 0.312 e. The van der Waals surface area contributed by atoms with Crippen LogP contribution in [0.2, 0.25) is 5.02 Å². The average molecular weight is 615 g/mol. The zero-order valence-electron chi connectivity index (χ0n) is 26.2. The number of allylic oxidation sites excluding steroid dienone is 1. The number of unbranched alkanes of at least 4 members (excludes halogenated alkanes) is 2. The van der Waals surface area contributed by atoms with Crippen LogP contribution in [0.25, 0.3) is 0 Å². The van der Waals surface area contributed by atoms with Gasteiger partial charge in [0, 0.05) is 6.54 Å². The van der Waals surface area contributed by atoms with Crippen molar-refractivity contribution in [2.45, 2.75) is 90.0 Å². The second-order valence-electron chi connectivity index (χ2n) is 12.7. The number of hydrogen-bond acceptors (Lipinski definition) is 6. The lowest BCUT2D eigenvalue weighted by atomic mass is 9.62. The Kier molecular flexibility index (Phi) is 10.1. The number of halogens is 1. The predicted molar refractivity (Wildman–Crippen MR) is 168 cm³/mol.